The molecule has 3 nitrogen and oxygen atoms in total. The van der Waals surface area contributed by atoms with E-state index in [2.05, 4.69) is 36.3 Å². The molecule has 0 unspecified atom stereocenters. The van der Waals surface area contributed by atoms with E-state index in [4.69, 9.17) is 4.74 Å². The number of aryl methyl sites for hydroxylation is 2. The maximum atomic E-state index is 6.21. The molecule has 112 valence electrons. The highest BCUT2D eigenvalue weighted by atomic mass is 16.5. The van der Waals surface area contributed by atoms with Gasteiger partial charge in [0.1, 0.15) is 11.4 Å². The van der Waals surface area contributed by atoms with Crippen LogP contribution in [0.2, 0.25) is 0 Å². The van der Waals surface area contributed by atoms with Crippen LogP contribution < -0.4 is 10.1 Å². The maximum absolute atomic E-state index is 6.21. The molecule has 1 aromatic heterocycles. The van der Waals surface area contributed by atoms with Crippen molar-refractivity contribution in [3.63, 3.8) is 0 Å². The quantitative estimate of drug-likeness (QED) is 0.778. The minimum atomic E-state index is -0.0348. The number of hydrogen-bond donors (Lipinski definition) is 2. The van der Waals surface area contributed by atoms with Crippen molar-refractivity contribution in [2.24, 2.45) is 0 Å². The molecule has 0 saturated carbocycles. The molecular formula is C18H24N2O. The first-order chi connectivity index (χ1) is 10.1. The first-order valence-electron chi connectivity index (χ1n) is 8.19. The lowest BCUT2D eigenvalue weighted by Gasteiger charge is -2.33. The average molecular weight is 284 g/mol. The molecule has 0 bridgehead atoms. The molecule has 3 heteroatoms. The lowest BCUT2D eigenvalue weighted by molar-refractivity contribution is 0.0853. The third-order valence-corrected chi connectivity index (χ3v) is 4.92. The lowest BCUT2D eigenvalue weighted by atomic mass is 9.90. The fourth-order valence-electron chi connectivity index (χ4n) is 3.80. The highest BCUT2D eigenvalue weighted by Gasteiger charge is 2.29. The molecule has 0 aliphatic carbocycles. The van der Waals surface area contributed by atoms with Gasteiger partial charge in [0.2, 0.25) is 0 Å². The molecule has 0 atom stereocenters. The van der Waals surface area contributed by atoms with Crippen molar-refractivity contribution in [3.05, 3.63) is 29.0 Å². The number of benzene rings is 1. The SMILES string of the molecule is CC1(C)CCc2c(ccc3[nH]c4c(c23)CCNCCC4)O1. The van der Waals surface area contributed by atoms with E-state index in [0.29, 0.717) is 0 Å². The topological polar surface area (TPSA) is 37.0 Å². The van der Waals surface area contributed by atoms with Crippen molar-refractivity contribution in [2.45, 2.75) is 51.6 Å². The van der Waals surface area contributed by atoms with E-state index in [1.54, 1.807) is 0 Å². The Labute approximate surface area is 126 Å². The summed E-state index contributed by atoms with van der Waals surface area (Å²) in [6.07, 6.45) is 5.70. The molecule has 2 aliphatic heterocycles. The Balaban J connectivity index is 1.89. The van der Waals surface area contributed by atoms with Gasteiger partial charge in [-0.15, -0.1) is 0 Å². The lowest BCUT2D eigenvalue weighted by Crippen LogP contribution is -2.32. The van der Waals surface area contributed by atoms with Crippen LogP contribution in [0.1, 0.15) is 43.5 Å². The van der Waals surface area contributed by atoms with E-state index in [1.165, 1.54) is 34.1 Å². The zero-order valence-corrected chi connectivity index (χ0v) is 13.0. The summed E-state index contributed by atoms with van der Waals surface area (Å²) in [5, 5.41) is 4.98. The average Bonchev–Trinajstić information content (AvgIpc) is 2.74. The molecule has 2 aromatic rings. The predicted octanol–water partition coefficient (Wildman–Crippen LogP) is 3.35. The van der Waals surface area contributed by atoms with Gasteiger partial charge in [-0.1, -0.05) is 0 Å². The van der Waals surface area contributed by atoms with Gasteiger partial charge in [-0.2, -0.15) is 0 Å². The summed E-state index contributed by atoms with van der Waals surface area (Å²) in [5.74, 6) is 1.09. The fourth-order valence-corrected chi connectivity index (χ4v) is 3.80. The van der Waals surface area contributed by atoms with Gasteiger partial charge < -0.3 is 15.0 Å². The van der Waals surface area contributed by atoms with Crippen molar-refractivity contribution in [3.8, 4) is 5.75 Å². The molecule has 0 fully saturated rings. The minimum Gasteiger partial charge on any atom is -0.488 e. The molecule has 0 spiro atoms. The molecule has 3 heterocycles. The van der Waals surface area contributed by atoms with E-state index in [1.807, 2.05) is 0 Å². The zero-order chi connectivity index (χ0) is 14.4. The summed E-state index contributed by atoms with van der Waals surface area (Å²) < 4.78 is 6.21. The summed E-state index contributed by atoms with van der Waals surface area (Å²) in [7, 11) is 0. The van der Waals surface area contributed by atoms with E-state index in [9.17, 15) is 0 Å². The number of hydrogen-bond acceptors (Lipinski definition) is 2. The molecule has 0 amide bonds. The Morgan fingerprint density at radius 1 is 1.05 bits per heavy atom. The molecule has 4 rings (SSSR count). The van der Waals surface area contributed by atoms with Gasteiger partial charge in [-0.05, 0) is 76.7 Å². The van der Waals surface area contributed by atoms with Crippen LogP contribution in [0.25, 0.3) is 10.9 Å². The van der Waals surface area contributed by atoms with Crippen molar-refractivity contribution < 1.29 is 4.74 Å². The highest BCUT2D eigenvalue weighted by Crippen LogP contribution is 2.40. The smallest absolute Gasteiger partial charge is 0.124 e. The number of aromatic amines is 1. The van der Waals surface area contributed by atoms with Crippen LogP contribution in [0.4, 0.5) is 0 Å². The molecule has 1 aromatic carbocycles. The Kier molecular flexibility index (Phi) is 3.00. The van der Waals surface area contributed by atoms with Gasteiger partial charge in [-0.3, -0.25) is 0 Å². The van der Waals surface area contributed by atoms with Crippen LogP contribution >= 0.6 is 0 Å². The molecule has 21 heavy (non-hydrogen) atoms. The summed E-state index contributed by atoms with van der Waals surface area (Å²) >= 11 is 0. The largest absolute Gasteiger partial charge is 0.488 e. The van der Waals surface area contributed by atoms with Crippen molar-refractivity contribution >= 4 is 10.9 Å². The molecule has 2 aliphatic rings. The maximum Gasteiger partial charge on any atom is 0.124 e. The van der Waals surface area contributed by atoms with Gasteiger partial charge in [0, 0.05) is 22.2 Å². The monoisotopic (exact) mass is 284 g/mol. The third kappa shape index (κ3) is 2.24. The number of H-pyrrole nitrogens is 1. The van der Waals surface area contributed by atoms with Crippen LogP contribution in [-0.2, 0) is 19.3 Å². The number of rotatable bonds is 0. The van der Waals surface area contributed by atoms with E-state index >= 15 is 0 Å². The normalized spacial score (nSPS) is 21.0. The minimum absolute atomic E-state index is 0.0348. The fraction of sp³-hybridized carbons (Fsp3) is 0.556. The van der Waals surface area contributed by atoms with Crippen LogP contribution in [0.15, 0.2) is 12.1 Å². The van der Waals surface area contributed by atoms with E-state index < -0.39 is 0 Å². The van der Waals surface area contributed by atoms with E-state index in [0.717, 1.165) is 44.5 Å². The third-order valence-electron chi connectivity index (χ3n) is 4.92. The first-order valence-corrected chi connectivity index (χ1v) is 8.19. The Morgan fingerprint density at radius 2 is 1.95 bits per heavy atom. The van der Waals surface area contributed by atoms with Gasteiger partial charge in [0.05, 0.1) is 0 Å². The van der Waals surface area contributed by atoms with Crippen molar-refractivity contribution in [1.82, 2.24) is 10.3 Å². The zero-order valence-electron chi connectivity index (χ0n) is 13.0. The predicted molar refractivity (Wildman–Crippen MR) is 86.2 cm³/mol. The van der Waals surface area contributed by atoms with Crippen LogP contribution in [0.5, 0.6) is 5.75 Å². The van der Waals surface area contributed by atoms with Crippen molar-refractivity contribution in [2.75, 3.05) is 13.1 Å². The molecule has 0 radical (unpaired) electrons. The van der Waals surface area contributed by atoms with Gasteiger partial charge in [0.15, 0.2) is 0 Å². The first kappa shape index (κ1) is 13.2. The molecule has 2 N–H and O–H groups in total. The summed E-state index contributed by atoms with van der Waals surface area (Å²) in [5.41, 5.74) is 5.66. The number of nitrogens with one attached hydrogen (secondary N) is 2. The van der Waals surface area contributed by atoms with Gasteiger partial charge >= 0.3 is 0 Å². The highest BCUT2D eigenvalue weighted by molar-refractivity contribution is 5.90. The van der Waals surface area contributed by atoms with Gasteiger partial charge in [-0.25, -0.2) is 0 Å². The van der Waals surface area contributed by atoms with Crippen molar-refractivity contribution in [1.29, 1.82) is 0 Å². The standard InChI is InChI=1S/C18H24N2O/c1-18(2)9-7-13-16(21-18)6-5-15-17(13)12-8-11-19-10-3-4-14(12)20-15/h5-6,19-20H,3-4,7-11H2,1-2H3. The molecule has 0 saturated heterocycles. The van der Waals surface area contributed by atoms with Crippen LogP contribution in [-0.4, -0.2) is 23.7 Å². The van der Waals surface area contributed by atoms with Crippen LogP contribution in [0.3, 0.4) is 0 Å². The number of aromatic nitrogens is 1. The Bertz CT molecular complexity index is 684. The Hall–Kier alpha value is -1.48. The van der Waals surface area contributed by atoms with Gasteiger partial charge in [0.25, 0.3) is 0 Å². The second kappa shape index (κ2) is 4.77. The second-order valence-electron chi connectivity index (χ2n) is 7.01. The molecular weight excluding hydrogens is 260 g/mol. The number of ether oxygens (including phenoxy) is 1. The summed E-state index contributed by atoms with van der Waals surface area (Å²) in [6, 6.07) is 4.36. The summed E-state index contributed by atoms with van der Waals surface area (Å²) in [6.45, 7) is 6.58. The Morgan fingerprint density at radius 3 is 2.86 bits per heavy atom. The second-order valence-corrected chi connectivity index (χ2v) is 7.01. The van der Waals surface area contributed by atoms with Crippen LogP contribution in [0, 0.1) is 0 Å². The number of fused-ring (bicyclic) bond motifs is 5. The summed E-state index contributed by atoms with van der Waals surface area (Å²) in [4.78, 5) is 3.67. The van der Waals surface area contributed by atoms with E-state index in [-0.39, 0.29) is 5.60 Å².